The van der Waals surface area contributed by atoms with E-state index in [-0.39, 0.29) is 30.3 Å². The average Bonchev–Trinajstić information content (AvgIpc) is 2.99. The molecule has 1 aromatic carbocycles. The van der Waals surface area contributed by atoms with E-state index in [0.717, 1.165) is 0 Å². The van der Waals surface area contributed by atoms with Crippen molar-refractivity contribution in [3.05, 3.63) is 29.6 Å². The summed E-state index contributed by atoms with van der Waals surface area (Å²) in [6.45, 7) is 3.60. The first-order valence-corrected chi connectivity index (χ1v) is 7.92. The third-order valence-corrected chi connectivity index (χ3v) is 3.44. The number of anilines is 1. The summed E-state index contributed by atoms with van der Waals surface area (Å²) < 4.78 is 21.7. The van der Waals surface area contributed by atoms with E-state index in [2.05, 4.69) is 5.10 Å². The number of ether oxygens (including phenoxy) is 4. The summed E-state index contributed by atoms with van der Waals surface area (Å²) in [5.41, 5.74) is 6.04. The first kappa shape index (κ1) is 19.1. The van der Waals surface area contributed by atoms with E-state index >= 15 is 0 Å². The van der Waals surface area contributed by atoms with Crippen molar-refractivity contribution in [1.82, 2.24) is 9.78 Å². The van der Waals surface area contributed by atoms with E-state index in [9.17, 15) is 9.59 Å². The number of nitrogens with zero attached hydrogens (tertiary/aromatic N) is 2. The molecule has 0 fully saturated rings. The molecule has 9 nitrogen and oxygen atoms in total. The van der Waals surface area contributed by atoms with E-state index in [0.29, 0.717) is 17.2 Å². The van der Waals surface area contributed by atoms with E-state index in [1.165, 1.54) is 18.9 Å². The van der Waals surface area contributed by atoms with Crippen LogP contribution in [-0.4, -0.2) is 49.2 Å². The minimum atomic E-state index is -0.732. The van der Waals surface area contributed by atoms with Crippen molar-refractivity contribution in [2.45, 2.75) is 13.8 Å². The molecule has 0 aliphatic rings. The number of hydrogen-bond acceptors (Lipinski definition) is 8. The average molecular weight is 363 g/mol. The second kappa shape index (κ2) is 8.24. The molecule has 0 saturated carbocycles. The fourth-order valence-electron chi connectivity index (χ4n) is 2.28. The van der Waals surface area contributed by atoms with Gasteiger partial charge in [-0.3, -0.25) is 0 Å². The lowest BCUT2D eigenvalue weighted by atomic mass is 10.2. The van der Waals surface area contributed by atoms with Crippen LogP contribution in [0.5, 0.6) is 11.5 Å². The summed E-state index contributed by atoms with van der Waals surface area (Å²) in [6, 6.07) is 4.89. The van der Waals surface area contributed by atoms with Crippen LogP contribution in [0.1, 0.15) is 34.8 Å². The lowest BCUT2D eigenvalue weighted by Gasteiger charge is -2.11. The van der Waals surface area contributed by atoms with Gasteiger partial charge in [-0.1, -0.05) is 0 Å². The normalized spacial score (nSPS) is 10.3. The molecule has 0 atom stereocenters. The predicted molar refractivity (Wildman–Crippen MR) is 93.0 cm³/mol. The number of rotatable bonds is 7. The number of carbonyl (C=O) groups is 2. The predicted octanol–water partition coefficient (Wildman–Crippen LogP) is 1.83. The maximum absolute atomic E-state index is 12.4. The Bertz CT molecular complexity index is 793. The highest BCUT2D eigenvalue weighted by Crippen LogP contribution is 2.29. The summed E-state index contributed by atoms with van der Waals surface area (Å²) in [5.74, 6) is -0.499. The van der Waals surface area contributed by atoms with E-state index in [1.807, 2.05) is 0 Å². The fourth-order valence-corrected chi connectivity index (χ4v) is 2.28. The molecule has 1 aromatic heterocycles. The molecular formula is C17H21N3O6. The summed E-state index contributed by atoms with van der Waals surface area (Å²) >= 11 is 0. The van der Waals surface area contributed by atoms with E-state index in [1.54, 1.807) is 32.0 Å². The number of nitrogens with two attached hydrogens (primary N) is 1. The van der Waals surface area contributed by atoms with Gasteiger partial charge in [0.15, 0.2) is 11.4 Å². The Morgan fingerprint density at radius 2 is 1.54 bits per heavy atom. The van der Waals surface area contributed by atoms with Crippen LogP contribution in [0, 0.1) is 0 Å². The van der Waals surface area contributed by atoms with Crippen LogP contribution in [0.2, 0.25) is 0 Å². The lowest BCUT2D eigenvalue weighted by molar-refractivity contribution is 0.0510. The van der Waals surface area contributed by atoms with Crippen LogP contribution < -0.4 is 15.2 Å². The molecule has 140 valence electrons. The van der Waals surface area contributed by atoms with Gasteiger partial charge in [-0.05, 0) is 13.8 Å². The Hall–Kier alpha value is -3.23. The maximum Gasteiger partial charge on any atom is 0.361 e. The molecule has 9 heteroatoms. The molecule has 1 heterocycles. The molecule has 0 radical (unpaired) electrons. The smallest absolute Gasteiger partial charge is 0.361 e. The Morgan fingerprint density at radius 1 is 1.00 bits per heavy atom. The van der Waals surface area contributed by atoms with Gasteiger partial charge in [0.25, 0.3) is 0 Å². The van der Waals surface area contributed by atoms with Gasteiger partial charge in [0.1, 0.15) is 17.2 Å². The molecule has 0 aliphatic carbocycles. The largest absolute Gasteiger partial charge is 0.497 e. The number of benzene rings is 1. The summed E-state index contributed by atoms with van der Waals surface area (Å²) in [4.78, 5) is 24.5. The first-order valence-electron chi connectivity index (χ1n) is 7.92. The lowest BCUT2D eigenvalue weighted by Crippen LogP contribution is -2.14. The van der Waals surface area contributed by atoms with Crippen molar-refractivity contribution in [2.75, 3.05) is 33.2 Å². The highest BCUT2D eigenvalue weighted by Gasteiger charge is 2.28. The molecule has 0 saturated heterocycles. The Balaban J connectivity index is 2.68. The topological polar surface area (TPSA) is 115 Å². The molecule has 0 aliphatic heterocycles. The maximum atomic E-state index is 12.4. The van der Waals surface area contributed by atoms with Crippen LogP contribution in [0.3, 0.4) is 0 Å². The van der Waals surface area contributed by atoms with Gasteiger partial charge < -0.3 is 24.7 Å². The minimum Gasteiger partial charge on any atom is -0.497 e. The SMILES string of the molecule is CCOC(=O)c1nn(-c2cc(OC)cc(OC)c2)c(C(=O)OCC)c1N. The minimum absolute atomic E-state index is 0.0785. The molecule has 0 bridgehead atoms. The Kier molecular flexibility index (Phi) is 6.05. The third kappa shape index (κ3) is 3.71. The van der Waals surface area contributed by atoms with Crippen LogP contribution >= 0.6 is 0 Å². The molecule has 26 heavy (non-hydrogen) atoms. The second-order valence-electron chi connectivity index (χ2n) is 5.03. The van der Waals surface area contributed by atoms with Crippen LogP contribution in [0.15, 0.2) is 18.2 Å². The molecule has 0 amide bonds. The molecule has 2 N–H and O–H groups in total. The molecule has 2 aromatic rings. The highest BCUT2D eigenvalue weighted by atomic mass is 16.5. The van der Waals surface area contributed by atoms with Gasteiger partial charge in [0.05, 0.1) is 33.1 Å². The Labute approximate surface area is 150 Å². The number of esters is 2. The summed E-state index contributed by atoms with van der Waals surface area (Å²) in [6.07, 6.45) is 0. The van der Waals surface area contributed by atoms with Crippen LogP contribution in [-0.2, 0) is 9.47 Å². The van der Waals surface area contributed by atoms with Gasteiger partial charge >= 0.3 is 11.9 Å². The van der Waals surface area contributed by atoms with Crippen molar-refractivity contribution >= 4 is 17.6 Å². The van der Waals surface area contributed by atoms with Crippen molar-refractivity contribution in [1.29, 1.82) is 0 Å². The molecular weight excluding hydrogens is 342 g/mol. The van der Waals surface area contributed by atoms with Crippen molar-refractivity contribution in [2.24, 2.45) is 0 Å². The third-order valence-electron chi connectivity index (χ3n) is 3.44. The Morgan fingerprint density at radius 3 is 2.04 bits per heavy atom. The van der Waals surface area contributed by atoms with Crippen molar-refractivity contribution in [3.63, 3.8) is 0 Å². The zero-order valence-corrected chi connectivity index (χ0v) is 15.1. The van der Waals surface area contributed by atoms with Crippen molar-refractivity contribution in [3.8, 4) is 17.2 Å². The molecule has 0 unspecified atom stereocenters. The second-order valence-corrected chi connectivity index (χ2v) is 5.03. The number of aromatic nitrogens is 2. The highest BCUT2D eigenvalue weighted by molar-refractivity contribution is 6.02. The first-order chi connectivity index (χ1) is 12.5. The van der Waals surface area contributed by atoms with E-state index < -0.39 is 11.9 Å². The van der Waals surface area contributed by atoms with Gasteiger partial charge in [-0.25, -0.2) is 14.3 Å². The fraction of sp³-hybridized carbons (Fsp3) is 0.353. The van der Waals surface area contributed by atoms with E-state index in [4.69, 9.17) is 24.7 Å². The quantitative estimate of drug-likeness (QED) is 0.741. The monoisotopic (exact) mass is 363 g/mol. The zero-order chi connectivity index (χ0) is 19.3. The van der Waals surface area contributed by atoms with Gasteiger partial charge in [0.2, 0.25) is 0 Å². The standard InChI is InChI=1S/C17H21N3O6/c1-5-25-16(21)14-13(18)15(17(22)26-6-2)20(19-14)10-7-11(23-3)9-12(8-10)24-4/h7-9H,5-6,18H2,1-4H3. The number of carbonyl (C=O) groups excluding carboxylic acids is 2. The number of hydrogen-bond donors (Lipinski definition) is 1. The van der Waals surface area contributed by atoms with Crippen LogP contribution in [0.25, 0.3) is 5.69 Å². The number of nitrogen functional groups attached to an aromatic ring is 1. The zero-order valence-electron chi connectivity index (χ0n) is 15.1. The summed E-state index contributed by atoms with van der Waals surface area (Å²) in [5, 5.41) is 4.16. The molecule has 0 spiro atoms. The summed E-state index contributed by atoms with van der Waals surface area (Å²) in [7, 11) is 2.98. The van der Waals surface area contributed by atoms with Gasteiger partial charge in [-0.2, -0.15) is 5.10 Å². The molecule has 2 rings (SSSR count). The van der Waals surface area contributed by atoms with Gasteiger partial charge in [-0.15, -0.1) is 0 Å². The van der Waals surface area contributed by atoms with Gasteiger partial charge in [0, 0.05) is 18.2 Å². The van der Waals surface area contributed by atoms with Crippen molar-refractivity contribution < 1.29 is 28.5 Å². The van der Waals surface area contributed by atoms with Crippen LogP contribution in [0.4, 0.5) is 5.69 Å². The number of methoxy groups -OCH3 is 2.